The fourth-order valence-corrected chi connectivity index (χ4v) is 4.74. The molecule has 6 nitrogen and oxygen atoms in total. The molecule has 1 aliphatic heterocycles. The third-order valence-corrected chi connectivity index (χ3v) is 6.13. The molecule has 0 radical (unpaired) electrons. The highest BCUT2D eigenvalue weighted by atomic mass is 35.5. The van der Waals surface area contributed by atoms with Crippen LogP contribution in [-0.2, 0) is 21.3 Å². The average Bonchev–Trinajstić information content (AvgIpc) is 3.03. The van der Waals surface area contributed by atoms with E-state index in [9.17, 15) is 8.42 Å². The molecule has 2 heterocycles. The van der Waals surface area contributed by atoms with Crippen molar-refractivity contribution in [3.63, 3.8) is 0 Å². The van der Waals surface area contributed by atoms with Crippen LogP contribution in [0.5, 0.6) is 0 Å². The molecule has 0 saturated carbocycles. The van der Waals surface area contributed by atoms with E-state index in [0.717, 1.165) is 12.1 Å². The number of aromatic nitrogens is 2. The van der Waals surface area contributed by atoms with Gasteiger partial charge in [-0.3, -0.25) is 4.68 Å². The lowest BCUT2D eigenvalue weighted by atomic mass is 10.2. The number of morpholine rings is 1. The molecular formula is C15H17Cl2N3O3S. The van der Waals surface area contributed by atoms with Gasteiger partial charge < -0.3 is 4.74 Å². The van der Waals surface area contributed by atoms with Crippen LogP contribution in [-0.4, -0.2) is 42.2 Å². The lowest BCUT2D eigenvalue weighted by Crippen LogP contribution is -2.42. The topological polar surface area (TPSA) is 64.4 Å². The minimum absolute atomic E-state index is 0.0879. The van der Waals surface area contributed by atoms with Gasteiger partial charge in [-0.2, -0.15) is 9.40 Å². The molecule has 0 aliphatic carbocycles. The summed E-state index contributed by atoms with van der Waals surface area (Å²) in [6.45, 7) is 3.55. The largest absolute Gasteiger partial charge is 0.371 e. The Kier molecular flexibility index (Phi) is 5.17. The minimum atomic E-state index is -3.69. The standard InChI is InChI=1S/C15H17Cl2N3O3S/c1-2-19-9-11(8-18-19)15-10-20(3-4-23-15)24(21,22)14-6-12(16)5-13(17)7-14/h5-9,15H,2-4,10H2,1H3/t15-/m0/s1. The number of ether oxygens (including phenoxy) is 1. The van der Waals surface area contributed by atoms with Gasteiger partial charge in [-0.1, -0.05) is 23.2 Å². The Hall–Kier alpha value is -1.12. The number of rotatable bonds is 4. The van der Waals surface area contributed by atoms with Gasteiger partial charge in [-0.05, 0) is 25.1 Å². The van der Waals surface area contributed by atoms with Crippen molar-refractivity contribution >= 4 is 33.2 Å². The number of aryl methyl sites for hydroxylation is 1. The molecule has 0 N–H and O–H groups in total. The maximum absolute atomic E-state index is 12.9. The number of sulfonamides is 1. The van der Waals surface area contributed by atoms with Gasteiger partial charge in [0.2, 0.25) is 10.0 Å². The lowest BCUT2D eigenvalue weighted by Gasteiger charge is -2.31. The molecule has 1 aliphatic rings. The molecule has 3 rings (SSSR count). The summed E-state index contributed by atoms with van der Waals surface area (Å²) in [5.74, 6) is 0. The molecule has 1 saturated heterocycles. The van der Waals surface area contributed by atoms with Crippen LogP contribution in [0, 0.1) is 0 Å². The van der Waals surface area contributed by atoms with Gasteiger partial charge in [0.1, 0.15) is 0 Å². The molecule has 1 atom stereocenters. The highest BCUT2D eigenvalue weighted by molar-refractivity contribution is 7.89. The SMILES string of the molecule is CCn1cc([C@@H]2CN(S(=O)(=O)c3cc(Cl)cc(Cl)c3)CCO2)cn1. The Balaban J connectivity index is 1.85. The maximum Gasteiger partial charge on any atom is 0.243 e. The molecule has 130 valence electrons. The average molecular weight is 390 g/mol. The van der Waals surface area contributed by atoms with Crippen molar-refractivity contribution in [2.24, 2.45) is 0 Å². The third kappa shape index (κ3) is 3.60. The van der Waals surface area contributed by atoms with Crippen molar-refractivity contribution in [3.8, 4) is 0 Å². The summed E-state index contributed by atoms with van der Waals surface area (Å²) in [6.07, 6.45) is 3.24. The van der Waals surface area contributed by atoms with Crippen LogP contribution in [0.4, 0.5) is 0 Å². The number of halogens is 2. The molecule has 0 unspecified atom stereocenters. The van der Waals surface area contributed by atoms with Gasteiger partial charge >= 0.3 is 0 Å². The van der Waals surface area contributed by atoms with E-state index in [4.69, 9.17) is 27.9 Å². The van der Waals surface area contributed by atoms with Crippen molar-refractivity contribution in [2.45, 2.75) is 24.5 Å². The molecule has 0 spiro atoms. The van der Waals surface area contributed by atoms with E-state index in [2.05, 4.69) is 5.10 Å². The molecule has 2 aromatic rings. The number of nitrogens with zero attached hydrogens (tertiary/aromatic N) is 3. The van der Waals surface area contributed by atoms with Crippen LogP contribution in [0.25, 0.3) is 0 Å². The lowest BCUT2D eigenvalue weighted by molar-refractivity contribution is -0.00260. The fraction of sp³-hybridized carbons (Fsp3) is 0.400. The Morgan fingerprint density at radius 2 is 2.00 bits per heavy atom. The van der Waals surface area contributed by atoms with E-state index < -0.39 is 10.0 Å². The van der Waals surface area contributed by atoms with E-state index >= 15 is 0 Å². The number of hydrogen-bond acceptors (Lipinski definition) is 4. The summed E-state index contributed by atoms with van der Waals surface area (Å²) in [5.41, 5.74) is 0.862. The van der Waals surface area contributed by atoms with Crippen LogP contribution in [0.1, 0.15) is 18.6 Å². The van der Waals surface area contributed by atoms with Crippen LogP contribution < -0.4 is 0 Å². The third-order valence-electron chi connectivity index (χ3n) is 3.85. The van der Waals surface area contributed by atoms with Gasteiger partial charge in [-0.15, -0.1) is 0 Å². The Bertz CT molecular complexity index is 818. The van der Waals surface area contributed by atoms with Crippen LogP contribution in [0.15, 0.2) is 35.5 Å². The van der Waals surface area contributed by atoms with Crippen LogP contribution in [0.2, 0.25) is 10.0 Å². The zero-order valence-electron chi connectivity index (χ0n) is 13.0. The van der Waals surface area contributed by atoms with Gasteiger partial charge in [0, 0.05) is 41.4 Å². The van der Waals surface area contributed by atoms with Crippen LogP contribution in [0.3, 0.4) is 0 Å². The van der Waals surface area contributed by atoms with E-state index in [-0.39, 0.29) is 34.1 Å². The fourth-order valence-electron chi connectivity index (χ4n) is 2.59. The van der Waals surface area contributed by atoms with Crippen molar-refractivity contribution in [3.05, 3.63) is 46.2 Å². The summed E-state index contributed by atoms with van der Waals surface area (Å²) < 4.78 is 34.6. The minimum Gasteiger partial charge on any atom is -0.371 e. The molecular weight excluding hydrogens is 373 g/mol. The quantitative estimate of drug-likeness (QED) is 0.805. The highest BCUT2D eigenvalue weighted by Gasteiger charge is 2.32. The Morgan fingerprint density at radius 1 is 1.29 bits per heavy atom. The van der Waals surface area contributed by atoms with Crippen molar-refractivity contribution in [1.29, 1.82) is 0 Å². The first-order valence-electron chi connectivity index (χ1n) is 7.50. The smallest absolute Gasteiger partial charge is 0.243 e. The van der Waals surface area contributed by atoms with Gasteiger partial charge in [-0.25, -0.2) is 8.42 Å². The van der Waals surface area contributed by atoms with Crippen LogP contribution >= 0.6 is 23.2 Å². The molecule has 0 amide bonds. The van der Waals surface area contributed by atoms with Gasteiger partial charge in [0.05, 0.1) is 23.8 Å². The van der Waals surface area contributed by atoms with E-state index in [1.54, 1.807) is 10.9 Å². The zero-order valence-corrected chi connectivity index (χ0v) is 15.4. The molecule has 1 fully saturated rings. The highest BCUT2D eigenvalue weighted by Crippen LogP contribution is 2.29. The second-order valence-corrected chi connectivity index (χ2v) is 8.27. The van der Waals surface area contributed by atoms with Crippen molar-refractivity contribution < 1.29 is 13.2 Å². The number of hydrogen-bond donors (Lipinski definition) is 0. The maximum atomic E-state index is 12.9. The van der Waals surface area contributed by atoms with Gasteiger partial charge in [0.25, 0.3) is 0 Å². The first kappa shape index (κ1) is 17.7. The second kappa shape index (κ2) is 7.01. The normalized spacial score (nSPS) is 19.5. The predicted octanol–water partition coefficient (Wildman–Crippen LogP) is 2.97. The molecule has 1 aromatic carbocycles. The van der Waals surface area contributed by atoms with Crippen molar-refractivity contribution in [1.82, 2.24) is 14.1 Å². The first-order valence-corrected chi connectivity index (χ1v) is 9.70. The van der Waals surface area contributed by atoms with Gasteiger partial charge in [0.15, 0.2) is 0 Å². The Morgan fingerprint density at radius 3 is 2.62 bits per heavy atom. The Labute approximate surface area is 151 Å². The number of benzene rings is 1. The van der Waals surface area contributed by atoms with E-state index in [1.165, 1.54) is 22.5 Å². The summed E-state index contributed by atoms with van der Waals surface area (Å²) >= 11 is 11.9. The summed E-state index contributed by atoms with van der Waals surface area (Å²) in [7, 11) is -3.69. The van der Waals surface area contributed by atoms with E-state index in [1.807, 2.05) is 13.1 Å². The summed E-state index contributed by atoms with van der Waals surface area (Å²) in [4.78, 5) is 0.0879. The summed E-state index contributed by atoms with van der Waals surface area (Å²) in [6, 6.07) is 4.31. The van der Waals surface area contributed by atoms with E-state index in [0.29, 0.717) is 6.61 Å². The van der Waals surface area contributed by atoms with Crippen molar-refractivity contribution in [2.75, 3.05) is 19.7 Å². The molecule has 0 bridgehead atoms. The summed E-state index contributed by atoms with van der Waals surface area (Å²) in [5, 5.41) is 4.79. The molecule has 1 aromatic heterocycles. The monoisotopic (exact) mass is 389 g/mol. The second-order valence-electron chi connectivity index (χ2n) is 5.46. The first-order chi connectivity index (χ1) is 11.4. The zero-order chi connectivity index (χ0) is 17.3. The predicted molar refractivity (Wildman–Crippen MR) is 91.8 cm³/mol. The molecule has 9 heteroatoms. The molecule has 24 heavy (non-hydrogen) atoms.